The fraction of sp³-hybridized carbons (Fsp3) is 0.250. The molecule has 2 aromatic rings. The van der Waals surface area contributed by atoms with E-state index in [0.29, 0.717) is 12.2 Å². The van der Waals surface area contributed by atoms with E-state index in [1.54, 1.807) is 29.0 Å². The van der Waals surface area contributed by atoms with Crippen molar-refractivity contribution in [2.45, 2.75) is 20.4 Å². The number of nitrogens with zero attached hydrogens (tertiary/aromatic N) is 2. The molecule has 6 heteroatoms. The van der Waals surface area contributed by atoms with Gasteiger partial charge in [0, 0.05) is 10.9 Å². The first kappa shape index (κ1) is 12.5. The van der Waals surface area contributed by atoms with Crippen molar-refractivity contribution in [2.24, 2.45) is 0 Å². The van der Waals surface area contributed by atoms with Gasteiger partial charge < -0.3 is 5.32 Å². The maximum atomic E-state index is 10.9. The summed E-state index contributed by atoms with van der Waals surface area (Å²) < 4.78 is 0. The van der Waals surface area contributed by atoms with E-state index >= 15 is 0 Å². The maximum Gasteiger partial charge on any atom is 0.292 e. The molecule has 0 bridgehead atoms. The van der Waals surface area contributed by atoms with Crippen LogP contribution in [0.25, 0.3) is 0 Å². The predicted molar refractivity (Wildman–Crippen MR) is 72.0 cm³/mol. The lowest BCUT2D eigenvalue weighted by Gasteiger charge is -2.07. The number of benzene rings is 1. The minimum atomic E-state index is -0.374. The molecule has 0 radical (unpaired) electrons. The summed E-state index contributed by atoms with van der Waals surface area (Å²) in [6.07, 6.45) is 0. The zero-order chi connectivity index (χ0) is 13.1. The molecule has 94 valence electrons. The number of nitro groups is 1. The van der Waals surface area contributed by atoms with Crippen LogP contribution in [-0.2, 0) is 6.54 Å². The number of nitrogens with one attached hydrogen (secondary N) is 1. The number of nitro benzene ring substituents is 1. The molecule has 2 rings (SSSR count). The monoisotopic (exact) mass is 263 g/mol. The third kappa shape index (κ3) is 2.65. The minimum absolute atomic E-state index is 0.0998. The molecule has 0 unspecified atom stereocenters. The Morgan fingerprint density at radius 2 is 2.22 bits per heavy atom. The number of hydrogen-bond donors (Lipinski definition) is 1. The Kier molecular flexibility index (Phi) is 3.57. The van der Waals surface area contributed by atoms with Crippen molar-refractivity contribution in [2.75, 3.05) is 5.32 Å². The first-order valence-corrected chi connectivity index (χ1v) is 6.34. The van der Waals surface area contributed by atoms with Crippen molar-refractivity contribution in [1.82, 2.24) is 4.98 Å². The summed E-state index contributed by atoms with van der Waals surface area (Å²) in [5.41, 5.74) is 4.37. The van der Waals surface area contributed by atoms with Gasteiger partial charge in [-0.15, -0.1) is 11.3 Å². The Hall–Kier alpha value is -1.95. The number of aromatic nitrogens is 1. The highest BCUT2D eigenvalue weighted by molar-refractivity contribution is 7.09. The maximum absolute atomic E-state index is 10.9. The van der Waals surface area contributed by atoms with Gasteiger partial charge in [0.15, 0.2) is 0 Å². The standard InChI is InChI=1S/C12H13N3O2S/c1-8-3-4-11(15(16)17)10(5-8)13-6-12-9(2)14-7-18-12/h3-5,7,13H,6H2,1-2H3. The zero-order valence-corrected chi connectivity index (χ0v) is 11.0. The highest BCUT2D eigenvalue weighted by atomic mass is 32.1. The normalized spacial score (nSPS) is 10.3. The van der Waals surface area contributed by atoms with E-state index in [-0.39, 0.29) is 10.6 Å². The van der Waals surface area contributed by atoms with E-state index in [1.165, 1.54) is 6.07 Å². The molecule has 0 spiro atoms. The van der Waals surface area contributed by atoms with Gasteiger partial charge in [-0.2, -0.15) is 0 Å². The van der Waals surface area contributed by atoms with Gasteiger partial charge in [0.25, 0.3) is 5.69 Å². The summed E-state index contributed by atoms with van der Waals surface area (Å²) in [4.78, 5) is 15.8. The molecule has 5 nitrogen and oxygen atoms in total. The first-order chi connectivity index (χ1) is 8.58. The topological polar surface area (TPSA) is 68.1 Å². The van der Waals surface area contributed by atoms with E-state index in [9.17, 15) is 10.1 Å². The van der Waals surface area contributed by atoms with E-state index in [1.807, 2.05) is 13.8 Å². The van der Waals surface area contributed by atoms with Gasteiger partial charge in [-0.05, 0) is 25.5 Å². The predicted octanol–water partition coefficient (Wildman–Crippen LogP) is 3.28. The van der Waals surface area contributed by atoms with Crippen LogP contribution in [0.3, 0.4) is 0 Å². The number of anilines is 1. The van der Waals surface area contributed by atoms with Gasteiger partial charge >= 0.3 is 0 Å². The summed E-state index contributed by atoms with van der Waals surface area (Å²) in [5, 5.41) is 14.0. The zero-order valence-electron chi connectivity index (χ0n) is 10.1. The van der Waals surface area contributed by atoms with Crippen molar-refractivity contribution >= 4 is 22.7 Å². The molecular formula is C12H13N3O2S. The SMILES string of the molecule is Cc1ccc([N+](=O)[O-])c(NCc2scnc2C)c1. The lowest BCUT2D eigenvalue weighted by atomic mass is 10.2. The van der Waals surface area contributed by atoms with Crippen molar-refractivity contribution < 1.29 is 4.92 Å². The summed E-state index contributed by atoms with van der Waals surface area (Å²) >= 11 is 1.54. The van der Waals surface area contributed by atoms with E-state index < -0.39 is 0 Å². The highest BCUT2D eigenvalue weighted by Crippen LogP contribution is 2.26. The van der Waals surface area contributed by atoms with Gasteiger partial charge in [0.1, 0.15) is 5.69 Å². The molecule has 0 saturated heterocycles. The summed E-state index contributed by atoms with van der Waals surface area (Å²) in [6, 6.07) is 5.05. The molecule has 0 fully saturated rings. The average Bonchev–Trinajstić information content (AvgIpc) is 2.72. The van der Waals surface area contributed by atoms with Crippen molar-refractivity contribution in [1.29, 1.82) is 0 Å². The van der Waals surface area contributed by atoms with Gasteiger partial charge in [0.2, 0.25) is 0 Å². The van der Waals surface area contributed by atoms with Crippen molar-refractivity contribution in [3.63, 3.8) is 0 Å². The Balaban J connectivity index is 2.20. The fourth-order valence-corrected chi connectivity index (χ4v) is 2.34. The molecule has 0 aliphatic rings. The van der Waals surface area contributed by atoms with Gasteiger partial charge in [0.05, 0.1) is 22.7 Å². The molecule has 1 heterocycles. The van der Waals surface area contributed by atoms with Crippen molar-refractivity contribution in [3.8, 4) is 0 Å². The van der Waals surface area contributed by atoms with Crippen LogP contribution in [-0.4, -0.2) is 9.91 Å². The van der Waals surface area contributed by atoms with Crippen molar-refractivity contribution in [3.05, 3.63) is 50.0 Å². The van der Waals surface area contributed by atoms with Crippen LogP contribution in [0.2, 0.25) is 0 Å². The third-order valence-electron chi connectivity index (χ3n) is 2.63. The second-order valence-electron chi connectivity index (χ2n) is 3.99. The molecule has 18 heavy (non-hydrogen) atoms. The van der Waals surface area contributed by atoms with Crippen LogP contribution >= 0.6 is 11.3 Å². The van der Waals surface area contributed by atoms with Crippen LogP contribution in [0.1, 0.15) is 16.1 Å². The number of rotatable bonds is 4. The lowest BCUT2D eigenvalue weighted by Crippen LogP contribution is -2.02. The molecule has 0 amide bonds. The molecule has 1 aromatic carbocycles. The lowest BCUT2D eigenvalue weighted by molar-refractivity contribution is -0.384. The van der Waals surface area contributed by atoms with E-state index in [2.05, 4.69) is 10.3 Å². The second-order valence-corrected chi connectivity index (χ2v) is 4.93. The fourth-order valence-electron chi connectivity index (χ4n) is 1.62. The largest absolute Gasteiger partial charge is 0.375 e. The Labute approximate surface area is 109 Å². The third-order valence-corrected chi connectivity index (χ3v) is 3.57. The van der Waals surface area contributed by atoms with Crippen LogP contribution in [0.15, 0.2) is 23.7 Å². The Morgan fingerprint density at radius 1 is 1.44 bits per heavy atom. The van der Waals surface area contributed by atoms with Crippen LogP contribution in [0, 0.1) is 24.0 Å². The van der Waals surface area contributed by atoms with Gasteiger partial charge in [-0.1, -0.05) is 6.07 Å². The number of thiazole rings is 1. The quantitative estimate of drug-likeness (QED) is 0.679. The number of hydrogen-bond acceptors (Lipinski definition) is 5. The molecule has 0 aliphatic heterocycles. The first-order valence-electron chi connectivity index (χ1n) is 5.46. The summed E-state index contributed by atoms with van der Waals surface area (Å²) in [6.45, 7) is 4.39. The van der Waals surface area contributed by atoms with Crippen LogP contribution in [0.4, 0.5) is 11.4 Å². The van der Waals surface area contributed by atoms with E-state index in [0.717, 1.165) is 16.1 Å². The molecule has 0 atom stereocenters. The van der Waals surface area contributed by atoms with Gasteiger partial charge in [-0.3, -0.25) is 10.1 Å². The highest BCUT2D eigenvalue weighted by Gasteiger charge is 2.13. The second kappa shape index (κ2) is 5.14. The molecular weight excluding hydrogens is 250 g/mol. The number of aryl methyl sites for hydroxylation is 2. The molecule has 0 aliphatic carbocycles. The smallest absolute Gasteiger partial charge is 0.292 e. The Bertz CT molecular complexity index is 580. The van der Waals surface area contributed by atoms with Crippen LogP contribution in [0.5, 0.6) is 0 Å². The summed E-state index contributed by atoms with van der Waals surface area (Å²) in [7, 11) is 0. The van der Waals surface area contributed by atoms with Crippen LogP contribution < -0.4 is 5.32 Å². The average molecular weight is 263 g/mol. The Morgan fingerprint density at radius 3 is 2.83 bits per heavy atom. The molecule has 1 aromatic heterocycles. The van der Waals surface area contributed by atoms with E-state index in [4.69, 9.17) is 0 Å². The molecule has 0 saturated carbocycles. The minimum Gasteiger partial charge on any atom is -0.375 e. The molecule has 1 N–H and O–H groups in total. The summed E-state index contributed by atoms with van der Waals surface area (Å²) in [5.74, 6) is 0. The van der Waals surface area contributed by atoms with Gasteiger partial charge in [-0.25, -0.2) is 4.98 Å².